The molecule has 5 rings (SSSR count). The lowest BCUT2D eigenvalue weighted by molar-refractivity contribution is -0.118. The molecular weight excluding hydrogens is 544 g/mol. The molecule has 2 amide bonds. The highest BCUT2D eigenvalue weighted by Crippen LogP contribution is 2.46. The van der Waals surface area contributed by atoms with Crippen molar-refractivity contribution in [2.24, 2.45) is 0 Å². The monoisotopic (exact) mass is 574 g/mol. The third-order valence-electron chi connectivity index (χ3n) is 6.75. The third kappa shape index (κ3) is 5.83. The topological polar surface area (TPSA) is 122 Å². The van der Waals surface area contributed by atoms with Crippen molar-refractivity contribution in [3.63, 3.8) is 0 Å². The van der Waals surface area contributed by atoms with E-state index in [-0.39, 0.29) is 24.6 Å². The molecule has 1 heterocycles. The summed E-state index contributed by atoms with van der Waals surface area (Å²) in [7, 11) is -3.96. The maximum atomic E-state index is 13.7. The van der Waals surface area contributed by atoms with Gasteiger partial charge in [-0.2, -0.15) is 0 Å². The minimum atomic E-state index is -3.96. The number of carbonyl (C=O) groups is 2. The Balaban J connectivity index is 1.35. The maximum Gasteiger partial charge on any atom is 0.262 e. The van der Waals surface area contributed by atoms with Gasteiger partial charge in [-0.15, -0.1) is 0 Å². The number of ether oxygens (including phenoxy) is 2. The second-order valence-corrected chi connectivity index (χ2v) is 11.3. The first-order valence-electron chi connectivity index (χ1n) is 13.3. The molecule has 2 N–H and O–H groups in total. The molecule has 9 nitrogen and oxygen atoms in total. The highest BCUT2D eigenvalue weighted by molar-refractivity contribution is 7.89. The molecule has 0 radical (unpaired) electrons. The molecule has 0 aliphatic carbocycles. The number of nitrogens with zero attached hydrogens (tertiary/aromatic N) is 1. The van der Waals surface area contributed by atoms with Gasteiger partial charge in [-0.05, 0) is 49.2 Å². The molecule has 0 spiro atoms. The zero-order chi connectivity index (χ0) is 29.1. The van der Waals surface area contributed by atoms with Crippen LogP contribution in [0, 0.1) is 0 Å². The Morgan fingerprint density at radius 2 is 1.46 bits per heavy atom. The minimum absolute atomic E-state index is 0.0580. The first-order valence-corrected chi connectivity index (χ1v) is 14.9. The number of amides is 2. The van der Waals surface area contributed by atoms with Crippen LogP contribution in [-0.4, -0.2) is 38.6 Å². The van der Waals surface area contributed by atoms with Crippen LogP contribution >= 0.6 is 0 Å². The molecule has 0 atom stereocenters. The SMILES string of the molecule is CCOc1c2c(c(OCC)c3ccccc13)C(=O)N(c1ccc(CS(=O)(=O)NC(=O)Cc3ccc(O)cc3)cc1)C2. The fourth-order valence-corrected chi connectivity index (χ4v) is 6.14. The molecule has 41 heavy (non-hydrogen) atoms. The number of hydrogen-bond acceptors (Lipinski definition) is 7. The van der Waals surface area contributed by atoms with Crippen molar-refractivity contribution in [2.45, 2.75) is 32.6 Å². The van der Waals surface area contributed by atoms with E-state index in [0.717, 1.165) is 16.3 Å². The average Bonchev–Trinajstić information content (AvgIpc) is 3.28. The molecule has 1 aliphatic rings. The Bertz CT molecular complexity index is 1720. The van der Waals surface area contributed by atoms with Gasteiger partial charge in [0.25, 0.3) is 5.91 Å². The predicted molar refractivity (Wildman–Crippen MR) is 156 cm³/mol. The summed E-state index contributed by atoms with van der Waals surface area (Å²) in [6, 6.07) is 20.3. The van der Waals surface area contributed by atoms with Gasteiger partial charge < -0.3 is 19.5 Å². The number of phenols is 1. The van der Waals surface area contributed by atoms with Gasteiger partial charge in [-0.1, -0.05) is 48.5 Å². The van der Waals surface area contributed by atoms with E-state index >= 15 is 0 Å². The van der Waals surface area contributed by atoms with E-state index in [1.807, 2.05) is 38.1 Å². The molecule has 0 fully saturated rings. The molecule has 10 heteroatoms. The Hall–Kier alpha value is -4.57. The number of anilines is 1. The molecule has 1 aliphatic heterocycles. The average molecular weight is 575 g/mol. The van der Waals surface area contributed by atoms with Crippen molar-refractivity contribution >= 4 is 38.3 Å². The predicted octanol–water partition coefficient (Wildman–Crippen LogP) is 4.69. The summed E-state index contributed by atoms with van der Waals surface area (Å²) in [5.74, 6) is -0.0603. The number of nitrogens with one attached hydrogen (secondary N) is 1. The molecule has 4 aromatic carbocycles. The summed E-state index contributed by atoms with van der Waals surface area (Å²) in [6.07, 6.45) is -0.140. The smallest absolute Gasteiger partial charge is 0.262 e. The van der Waals surface area contributed by atoms with Crippen molar-refractivity contribution in [1.29, 1.82) is 0 Å². The number of aromatic hydroxyl groups is 1. The van der Waals surface area contributed by atoms with Crippen molar-refractivity contribution in [3.8, 4) is 17.2 Å². The molecule has 0 aromatic heterocycles. The number of carbonyl (C=O) groups excluding carboxylic acids is 2. The van der Waals surface area contributed by atoms with Gasteiger partial charge in [0.05, 0.1) is 37.5 Å². The minimum Gasteiger partial charge on any atom is -0.508 e. The highest BCUT2D eigenvalue weighted by atomic mass is 32.2. The van der Waals surface area contributed by atoms with Crippen LogP contribution in [0.15, 0.2) is 72.8 Å². The van der Waals surface area contributed by atoms with Gasteiger partial charge in [-0.3, -0.25) is 14.3 Å². The first-order chi connectivity index (χ1) is 19.7. The summed E-state index contributed by atoms with van der Waals surface area (Å²) < 4.78 is 39.4. The Morgan fingerprint density at radius 1 is 0.878 bits per heavy atom. The van der Waals surface area contributed by atoms with Crippen LogP contribution in [0.2, 0.25) is 0 Å². The zero-order valence-corrected chi connectivity index (χ0v) is 23.5. The molecule has 4 aromatic rings. The van der Waals surface area contributed by atoms with E-state index in [1.54, 1.807) is 41.3 Å². The number of hydrogen-bond donors (Lipinski definition) is 2. The van der Waals surface area contributed by atoms with Gasteiger partial charge in [0.2, 0.25) is 15.9 Å². The Kier molecular flexibility index (Phi) is 7.85. The van der Waals surface area contributed by atoms with Crippen molar-refractivity contribution in [3.05, 3.63) is 95.1 Å². The quantitative estimate of drug-likeness (QED) is 0.282. The second-order valence-electron chi connectivity index (χ2n) is 9.61. The lowest BCUT2D eigenvalue weighted by atomic mass is 9.99. The third-order valence-corrected chi connectivity index (χ3v) is 8.00. The van der Waals surface area contributed by atoms with Gasteiger partial charge in [0.1, 0.15) is 17.2 Å². The van der Waals surface area contributed by atoms with E-state index < -0.39 is 21.7 Å². The van der Waals surface area contributed by atoms with E-state index in [0.29, 0.717) is 47.1 Å². The van der Waals surface area contributed by atoms with Gasteiger partial charge >= 0.3 is 0 Å². The van der Waals surface area contributed by atoms with Gasteiger partial charge in [0.15, 0.2) is 0 Å². The van der Waals surface area contributed by atoms with E-state index in [4.69, 9.17) is 9.47 Å². The fraction of sp³-hybridized carbons (Fsp3) is 0.226. The Labute approximate surface area is 238 Å². The number of fused-ring (bicyclic) bond motifs is 2. The van der Waals surface area contributed by atoms with Crippen LogP contribution < -0.4 is 19.1 Å². The summed E-state index contributed by atoms with van der Waals surface area (Å²) in [5.41, 5.74) is 2.85. The van der Waals surface area contributed by atoms with Crippen molar-refractivity contribution < 1.29 is 32.6 Å². The van der Waals surface area contributed by atoms with Crippen LogP contribution in [-0.2, 0) is 33.5 Å². The van der Waals surface area contributed by atoms with E-state index in [2.05, 4.69) is 4.72 Å². The largest absolute Gasteiger partial charge is 0.508 e. The number of phenolic OH excluding ortho intramolecular Hbond substituents is 1. The fourth-order valence-electron chi connectivity index (χ4n) is 5.02. The number of benzene rings is 4. The maximum absolute atomic E-state index is 13.7. The first kappa shape index (κ1) is 28.0. The zero-order valence-electron chi connectivity index (χ0n) is 22.7. The molecule has 0 saturated carbocycles. The van der Waals surface area contributed by atoms with Crippen LogP contribution in [0.1, 0.15) is 40.9 Å². The normalized spacial score (nSPS) is 12.8. The lowest BCUT2D eigenvalue weighted by Gasteiger charge is -2.16. The Morgan fingerprint density at radius 3 is 2.10 bits per heavy atom. The van der Waals surface area contributed by atoms with Crippen molar-refractivity contribution in [1.82, 2.24) is 4.72 Å². The van der Waals surface area contributed by atoms with Crippen molar-refractivity contribution in [2.75, 3.05) is 18.1 Å². The molecule has 0 unspecified atom stereocenters. The van der Waals surface area contributed by atoms with Crippen LogP contribution in [0.25, 0.3) is 10.8 Å². The van der Waals surface area contributed by atoms with Crippen LogP contribution in [0.4, 0.5) is 5.69 Å². The van der Waals surface area contributed by atoms with E-state index in [1.165, 1.54) is 12.1 Å². The summed E-state index contributed by atoms with van der Waals surface area (Å²) in [4.78, 5) is 27.6. The van der Waals surface area contributed by atoms with Crippen LogP contribution in [0.5, 0.6) is 17.2 Å². The van der Waals surface area contributed by atoms with Gasteiger partial charge in [0, 0.05) is 22.0 Å². The molecular formula is C31H30N2O7S. The van der Waals surface area contributed by atoms with Gasteiger partial charge in [-0.25, -0.2) is 8.42 Å². The van der Waals surface area contributed by atoms with E-state index in [9.17, 15) is 23.1 Å². The molecule has 212 valence electrons. The highest BCUT2D eigenvalue weighted by Gasteiger charge is 2.36. The molecule has 0 bridgehead atoms. The second kappa shape index (κ2) is 11.5. The summed E-state index contributed by atoms with van der Waals surface area (Å²) >= 11 is 0. The summed E-state index contributed by atoms with van der Waals surface area (Å²) in [5, 5.41) is 11.0. The number of sulfonamides is 1. The molecule has 0 saturated heterocycles. The number of rotatable bonds is 10. The standard InChI is InChI=1S/C31H30N2O7S/c1-3-39-29-24-7-5-6-8-25(24)30(40-4-2)28-26(29)18-33(31(28)36)22-13-9-21(10-14-22)19-41(37,38)32-27(35)17-20-11-15-23(34)16-12-20/h5-16,34H,3-4,17-19H2,1-2H3,(H,32,35). The summed E-state index contributed by atoms with van der Waals surface area (Å²) in [6.45, 7) is 4.88. The van der Waals surface area contributed by atoms with Crippen LogP contribution in [0.3, 0.4) is 0 Å². The lowest BCUT2D eigenvalue weighted by Crippen LogP contribution is -2.32.